The van der Waals surface area contributed by atoms with Gasteiger partial charge in [0.05, 0.1) is 16.1 Å². The Morgan fingerprint density at radius 2 is 1.93 bits per heavy atom. The van der Waals surface area contributed by atoms with Gasteiger partial charge < -0.3 is 5.32 Å². The van der Waals surface area contributed by atoms with Crippen LogP contribution < -0.4 is 10.9 Å². The highest BCUT2D eigenvalue weighted by Gasteiger charge is 2.18. The molecule has 4 rings (SSSR count). The van der Waals surface area contributed by atoms with Crippen LogP contribution in [0.15, 0.2) is 65.6 Å². The summed E-state index contributed by atoms with van der Waals surface area (Å²) in [5.74, 6) is -0.977. The van der Waals surface area contributed by atoms with Crippen molar-refractivity contribution in [1.29, 1.82) is 0 Å². The number of fused-ring (bicyclic) bond motifs is 1. The maximum atomic E-state index is 13.3. The highest BCUT2D eigenvalue weighted by atomic mass is 35.5. The fourth-order valence-electron chi connectivity index (χ4n) is 3.09. The van der Waals surface area contributed by atoms with Gasteiger partial charge in [-0.2, -0.15) is 0 Å². The number of hydrogen-bond donors (Lipinski definition) is 1. The molecule has 8 heteroatoms. The Kier molecular flexibility index (Phi) is 4.90. The molecule has 2 heterocycles. The summed E-state index contributed by atoms with van der Waals surface area (Å²) >= 11 is 5.77. The molecule has 0 radical (unpaired) electrons. The fourth-order valence-corrected chi connectivity index (χ4v) is 3.27. The number of anilines is 1. The third-order valence-electron chi connectivity index (χ3n) is 4.47. The smallest absolute Gasteiger partial charge is 0.280 e. The van der Waals surface area contributed by atoms with Crippen molar-refractivity contribution in [3.63, 3.8) is 0 Å². The van der Waals surface area contributed by atoms with Gasteiger partial charge in [-0.05, 0) is 49.4 Å². The molecule has 0 aliphatic heterocycles. The van der Waals surface area contributed by atoms with Crippen LogP contribution in [0.25, 0.3) is 16.7 Å². The maximum Gasteiger partial charge on any atom is 0.280 e. The van der Waals surface area contributed by atoms with E-state index >= 15 is 0 Å². The minimum Gasteiger partial charge on any atom is -0.324 e. The largest absolute Gasteiger partial charge is 0.324 e. The Bertz CT molecular complexity index is 1280. The van der Waals surface area contributed by atoms with Gasteiger partial charge in [-0.3, -0.25) is 14.3 Å². The molecule has 1 N–H and O–H groups in total. The van der Waals surface area contributed by atoms with E-state index in [1.807, 2.05) is 31.2 Å². The second-order valence-corrected chi connectivity index (χ2v) is 6.97. The summed E-state index contributed by atoms with van der Waals surface area (Å²) < 4.78 is 16.3. The van der Waals surface area contributed by atoms with E-state index in [2.05, 4.69) is 10.3 Å². The van der Waals surface area contributed by atoms with Crippen molar-refractivity contribution in [1.82, 2.24) is 14.3 Å². The number of rotatable bonds is 4. The number of amides is 1. The third kappa shape index (κ3) is 3.64. The highest BCUT2D eigenvalue weighted by Crippen LogP contribution is 2.20. The molecule has 146 valence electrons. The third-order valence-corrected chi connectivity index (χ3v) is 4.76. The van der Waals surface area contributed by atoms with Gasteiger partial charge >= 0.3 is 0 Å². The van der Waals surface area contributed by atoms with Crippen molar-refractivity contribution in [2.24, 2.45) is 0 Å². The lowest BCUT2D eigenvalue weighted by Crippen LogP contribution is -2.27. The molecule has 1 amide bonds. The first kappa shape index (κ1) is 18.9. The van der Waals surface area contributed by atoms with Gasteiger partial charge in [0.1, 0.15) is 12.4 Å². The fraction of sp³-hybridized carbons (Fsp3) is 0.0952. The van der Waals surface area contributed by atoms with E-state index in [0.717, 1.165) is 5.56 Å². The normalized spacial score (nSPS) is 11.0. The number of hydrogen-bond acceptors (Lipinski definition) is 3. The minimum atomic E-state index is -0.571. The van der Waals surface area contributed by atoms with E-state index in [9.17, 15) is 14.0 Å². The van der Waals surface area contributed by atoms with Crippen LogP contribution in [0.5, 0.6) is 0 Å². The van der Waals surface area contributed by atoms with Crippen molar-refractivity contribution >= 4 is 34.2 Å². The predicted octanol–water partition coefficient (Wildman–Crippen LogP) is 3.93. The average Bonchev–Trinajstić information content (AvgIpc) is 2.98. The van der Waals surface area contributed by atoms with Crippen molar-refractivity contribution in [2.45, 2.75) is 13.5 Å². The molecule has 0 fully saturated rings. The zero-order valence-electron chi connectivity index (χ0n) is 15.4. The molecular formula is C21H16ClFN4O2. The van der Waals surface area contributed by atoms with Crippen LogP contribution in [-0.4, -0.2) is 20.3 Å². The van der Waals surface area contributed by atoms with Crippen LogP contribution in [-0.2, 0) is 11.3 Å². The van der Waals surface area contributed by atoms with Gasteiger partial charge in [-0.1, -0.05) is 29.3 Å². The number of nitrogens with one attached hydrogen (secondary N) is 1. The van der Waals surface area contributed by atoms with E-state index in [-0.39, 0.29) is 17.1 Å². The van der Waals surface area contributed by atoms with E-state index in [1.165, 1.54) is 27.6 Å². The van der Waals surface area contributed by atoms with Gasteiger partial charge in [-0.15, -0.1) is 0 Å². The second-order valence-electron chi connectivity index (χ2n) is 6.56. The molecular weight excluding hydrogens is 395 g/mol. The number of aryl methyl sites for hydroxylation is 1. The van der Waals surface area contributed by atoms with Gasteiger partial charge in [0, 0.05) is 11.9 Å². The first-order valence-electron chi connectivity index (χ1n) is 8.82. The number of halogens is 2. The Hall–Kier alpha value is -3.45. The molecule has 0 aliphatic rings. The van der Waals surface area contributed by atoms with E-state index in [4.69, 9.17) is 11.6 Å². The molecule has 2 aromatic heterocycles. The van der Waals surface area contributed by atoms with Crippen LogP contribution in [0, 0.1) is 12.7 Å². The summed E-state index contributed by atoms with van der Waals surface area (Å²) in [5.41, 5.74) is 2.15. The number of benzene rings is 2. The van der Waals surface area contributed by atoms with Crippen LogP contribution >= 0.6 is 11.6 Å². The first-order chi connectivity index (χ1) is 13.9. The summed E-state index contributed by atoms with van der Waals surface area (Å²) in [7, 11) is 0. The van der Waals surface area contributed by atoms with Crippen LogP contribution in [0.3, 0.4) is 0 Å². The Balaban J connectivity index is 1.75. The molecule has 0 unspecified atom stereocenters. The van der Waals surface area contributed by atoms with Gasteiger partial charge in [0.25, 0.3) is 5.56 Å². The summed E-state index contributed by atoms with van der Waals surface area (Å²) in [6, 6.07) is 14.7. The van der Waals surface area contributed by atoms with Crippen molar-refractivity contribution in [2.75, 3.05) is 5.32 Å². The van der Waals surface area contributed by atoms with Crippen LogP contribution in [0.2, 0.25) is 5.02 Å². The Morgan fingerprint density at radius 3 is 2.66 bits per heavy atom. The van der Waals surface area contributed by atoms with E-state index < -0.39 is 11.7 Å². The highest BCUT2D eigenvalue weighted by molar-refractivity contribution is 6.31. The zero-order valence-corrected chi connectivity index (χ0v) is 16.2. The lowest BCUT2D eigenvalue weighted by atomic mass is 10.2. The molecule has 0 saturated carbocycles. The SMILES string of the molecule is Cc1ccc(-n2c(=O)c3cccnc3n2CC(=O)Nc2ccc(F)c(Cl)c2)cc1. The number of pyridine rings is 1. The molecule has 2 aromatic carbocycles. The summed E-state index contributed by atoms with van der Waals surface area (Å²) in [5, 5.41) is 2.98. The van der Waals surface area contributed by atoms with Crippen molar-refractivity contribution < 1.29 is 9.18 Å². The Labute approximate surface area is 170 Å². The lowest BCUT2D eigenvalue weighted by Gasteiger charge is -2.13. The number of carbonyl (C=O) groups is 1. The molecule has 29 heavy (non-hydrogen) atoms. The Morgan fingerprint density at radius 1 is 1.17 bits per heavy atom. The zero-order chi connectivity index (χ0) is 20.5. The number of aromatic nitrogens is 3. The topological polar surface area (TPSA) is 68.9 Å². The van der Waals surface area contributed by atoms with Gasteiger partial charge in [0.15, 0.2) is 5.65 Å². The quantitative estimate of drug-likeness (QED) is 0.554. The number of nitrogens with zero attached hydrogens (tertiary/aromatic N) is 3. The van der Waals surface area contributed by atoms with E-state index in [0.29, 0.717) is 22.4 Å². The summed E-state index contributed by atoms with van der Waals surface area (Å²) in [6.07, 6.45) is 1.56. The maximum absolute atomic E-state index is 13.3. The first-order valence-corrected chi connectivity index (χ1v) is 9.20. The van der Waals surface area contributed by atoms with Crippen LogP contribution in [0.4, 0.5) is 10.1 Å². The van der Waals surface area contributed by atoms with Crippen LogP contribution in [0.1, 0.15) is 5.56 Å². The standard InChI is InChI=1S/C21H16ClFN4O2/c1-13-4-7-15(8-5-13)27-21(29)16-3-2-10-24-20(16)26(27)12-19(28)25-14-6-9-18(23)17(22)11-14/h2-11H,12H2,1H3,(H,25,28). The minimum absolute atomic E-state index is 0.0903. The summed E-state index contributed by atoms with van der Waals surface area (Å²) in [4.78, 5) is 29.9. The lowest BCUT2D eigenvalue weighted by molar-refractivity contribution is -0.116. The van der Waals surface area contributed by atoms with Gasteiger partial charge in [-0.25, -0.2) is 14.1 Å². The number of carbonyl (C=O) groups excluding carboxylic acids is 1. The summed E-state index contributed by atoms with van der Waals surface area (Å²) in [6.45, 7) is 1.78. The molecule has 0 bridgehead atoms. The molecule has 0 aliphatic carbocycles. The predicted molar refractivity (Wildman–Crippen MR) is 110 cm³/mol. The second kappa shape index (κ2) is 7.52. The molecule has 4 aromatic rings. The monoisotopic (exact) mass is 410 g/mol. The molecule has 6 nitrogen and oxygen atoms in total. The van der Waals surface area contributed by atoms with Gasteiger partial charge in [0.2, 0.25) is 5.91 Å². The molecule has 0 spiro atoms. The molecule has 0 atom stereocenters. The average molecular weight is 411 g/mol. The molecule has 0 saturated heterocycles. The van der Waals surface area contributed by atoms with E-state index in [1.54, 1.807) is 18.3 Å². The van der Waals surface area contributed by atoms with Crippen molar-refractivity contribution in [3.8, 4) is 5.69 Å². The van der Waals surface area contributed by atoms with Crippen molar-refractivity contribution in [3.05, 3.63) is 87.6 Å².